The van der Waals surface area contributed by atoms with Crippen molar-refractivity contribution in [2.45, 2.75) is 25.8 Å². The zero-order valence-electron chi connectivity index (χ0n) is 12.9. The van der Waals surface area contributed by atoms with E-state index in [4.69, 9.17) is 5.11 Å². The molecule has 0 saturated heterocycles. The topological polar surface area (TPSA) is 61.3 Å². The molecule has 5 heteroatoms. The van der Waals surface area contributed by atoms with Gasteiger partial charge in [0.05, 0.1) is 6.04 Å². The molecule has 0 spiro atoms. The molecule has 1 aromatic carbocycles. The molecule has 0 unspecified atom stereocenters. The number of nitrogens with one attached hydrogen (secondary N) is 1. The van der Waals surface area contributed by atoms with Gasteiger partial charge in [0.1, 0.15) is 5.82 Å². The molecule has 3 rings (SSSR count). The standard InChI is InChI=1S/C17H22N4O/c1-13-15-6-3-2-5-14(15)8-11-21(13)16-7-10-19-17(20-16)18-9-4-12-22/h2-3,5-7,10,13,22H,4,8-9,11-12H2,1H3,(H,18,19,20)/t13-/m1/s1. The Labute approximate surface area is 131 Å². The Kier molecular flexibility index (Phi) is 4.53. The second-order valence-corrected chi connectivity index (χ2v) is 5.56. The van der Waals surface area contributed by atoms with Crippen LogP contribution >= 0.6 is 0 Å². The van der Waals surface area contributed by atoms with Crippen LogP contribution in [0.2, 0.25) is 0 Å². The molecular weight excluding hydrogens is 276 g/mol. The lowest BCUT2D eigenvalue weighted by molar-refractivity contribution is 0.292. The normalized spacial score (nSPS) is 17.2. The number of aliphatic hydroxyl groups is 1. The molecule has 2 aromatic rings. The summed E-state index contributed by atoms with van der Waals surface area (Å²) in [5, 5.41) is 12.0. The molecule has 1 aliphatic rings. The summed E-state index contributed by atoms with van der Waals surface area (Å²) in [6.45, 7) is 4.04. The van der Waals surface area contributed by atoms with Crippen molar-refractivity contribution in [2.75, 3.05) is 29.9 Å². The van der Waals surface area contributed by atoms with Gasteiger partial charge in [-0.2, -0.15) is 4.98 Å². The molecule has 22 heavy (non-hydrogen) atoms. The lowest BCUT2D eigenvalue weighted by atomic mass is 9.94. The molecule has 1 atom stereocenters. The minimum Gasteiger partial charge on any atom is -0.396 e. The van der Waals surface area contributed by atoms with E-state index in [-0.39, 0.29) is 6.61 Å². The lowest BCUT2D eigenvalue weighted by Crippen LogP contribution is -2.34. The molecule has 116 valence electrons. The Morgan fingerprint density at radius 3 is 3.05 bits per heavy atom. The summed E-state index contributed by atoms with van der Waals surface area (Å²) in [6, 6.07) is 10.9. The number of hydrogen-bond donors (Lipinski definition) is 2. The van der Waals surface area contributed by atoms with E-state index in [1.54, 1.807) is 6.20 Å². The number of aromatic nitrogens is 2. The van der Waals surface area contributed by atoms with Crippen LogP contribution in [0.15, 0.2) is 36.5 Å². The Morgan fingerprint density at radius 2 is 2.18 bits per heavy atom. The molecule has 0 amide bonds. The monoisotopic (exact) mass is 298 g/mol. The number of aliphatic hydroxyl groups excluding tert-OH is 1. The average Bonchev–Trinajstić information content (AvgIpc) is 2.56. The van der Waals surface area contributed by atoms with Crippen molar-refractivity contribution in [1.29, 1.82) is 0 Å². The first-order valence-electron chi connectivity index (χ1n) is 7.82. The molecule has 0 radical (unpaired) electrons. The summed E-state index contributed by atoms with van der Waals surface area (Å²) >= 11 is 0. The van der Waals surface area contributed by atoms with Crippen LogP contribution in [-0.2, 0) is 6.42 Å². The van der Waals surface area contributed by atoms with Gasteiger partial charge in [0.25, 0.3) is 0 Å². The molecule has 5 nitrogen and oxygen atoms in total. The minimum atomic E-state index is 0.173. The average molecular weight is 298 g/mol. The number of nitrogens with zero attached hydrogens (tertiary/aromatic N) is 3. The van der Waals surface area contributed by atoms with Gasteiger partial charge in [-0.3, -0.25) is 0 Å². The fourth-order valence-electron chi connectivity index (χ4n) is 2.96. The summed E-state index contributed by atoms with van der Waals surface area (Å²) < 4.78 is 0. The van der Waals surface area contributed by atoms with Gasteiger partial charge in [0, 0.05) is 25.9 Å². The van der Waals surface area contributed by atoms with E-state index in [2.05, 4.69) is 51.4 Å². The van der Waals surface area contributed by atoms with Gasteiger partial charge in [0.15, 0.2) is 0 Å². The fourth-order valence-corrected chi connectivity index (χ4v) is 2.96. The second kappa shape index (κ2) is 6.75. The van der Waals surface area contributed by atoms with E-state index in [0.717, 1.165) is 18.8 Å². The quantitative estimate of drug-likeness (QED) is 0.830. The van der Waals surface area contributed by atoms with Gasteiger partial charge < -0.3 is 15.3 Å². The van der Waals surface area contributed by atoms with Crippen molar-refractivity contribution >= 4 is 11.8 Å². The van der Waals surface area contributed by atoms with E-state index < -0.39 is 0 Å². The highest BCUT2D eigenvalue weighted by Gasteiger charge is 2.24. The third-order valence-electron chi connectivity index (χ3n) is 4.15. The first-order chi connectivity index (χ1) is 10.8. The minimum absolute atomic E-state index is 0.173. The number of benzene rings is 1. The molecule has 0 fully saturated rings. The van der Waals surface area contributed by atoms with Gasteiger partial charge >= 0.3 is 0 Å². The third kappa shape index (κ3) is 3.04. The van der Waals surface area contributed by atoms with Crippen LogP contribution in [0, 0.1) is 0 Å². The van der Waals surface area contributed by atoms with Gasteiger partial charge in [-0.15, -0.1) is 0 Å². The van der Waals surface area contributed by atoms with Gasteiger partial charge in [-0.1, -0.05) is 24.3 Å². The molecule has 1 aliphatic heterocycles. The highest BCUT2D eigenvalue weighted by atomic mass is 16.3. The number of anilines is 2. The number of hydrogen-bond acceptors (Lipinski definition) is 5. The Balaban J connectivity index is 1.78. The smallest absolute Gasteiger partial charge is 0.224 e. The predicted molar refractivity (Wildman–Crippen MR) is 88.1 cm³/mol. The Hall–Kier alpha value is -2.14. The first kappa shape index (κ1) is 14.8. The molecule has 2 heterocycles. The van der Waals surface area contributed by atoms with E-state index in [1.807, 2.05) is 6.07 Å². The van der Waals surface area contributed by atoms with Crippen LogP contribution in [0.4, 0.5) is 11.8 Å². The molecule has 0 saturated carbocycles. The molecule has 1 aromatic heterocycles. The third-order valence-corrected chi connectivity index (χ3v) is 4.15. The van der Waals surface area contributed by atoms with Crippen molar-refractivity contribution in [1.82, 2.24) is 9.97 Å². The van der Waals surface area contributed by atoms with Crippen molar-refractivity contribution < 1.29 is 5.11 Å². The van der Waals surface area contributed by atoms with E-state index in [9.17, 15) is 0 Å². The van der Waals surface area contributed by atoms with E-state index in [0.29, 0.717) is 25.0 Å². The van der Waals surface area contributed by atoms with E-state index in [1.165, 1.54) is 11.1 Å². The van der Waals surface area contributed by atoms with Crippen molar-refractivity contribution in [3.63, 3.8) is 0 Å². The van der Waals surface area contributed by atoms with E-state index >= 15 is 0 Å². The summed E-state index contributed by atoms with van der Waals surface area (Å²) in [6.07, 6.45) is 3.52. The van der Waals surface area contributed by atoms with Crippen molar-refractivity contribution in [3.05, 3.63) is 47.7 Å². The Bertz CT molecular complexity index is 632. The lowest BCUT2D eigenvalue weighted by Gasteiger charge is -2.36. The number of rotatable bonds is 5. The fraction of sp³-hybridized carbons (Fsp3) is 0.412. The number of fused-ring (bicyclic) bond motifs is 1. The molecule has 2 N–H and O–H groups in total. The van der Waals surface area contributed by atoms with Gasteiger partial charge in [0.2, 0.25) is 5.95 Å². The maximum atomic E-state index is 8.84. The summed E-state index contributed by atoms with van der Waals surface area (Å²) in [7, 11) is 0. The van der Waals surface area contributed by atoms with Gasteiger partial charge in [-0.05, 0) is 37.0 Å². The first-order valence-corrected chi connectivity index (χ1v) is 7.82. The second-order valence-electron chi connectivity index (χ2n) is 5.56. The summed E-state index contributed by atoms with van der Waals surface area (Å²) in [5.41, 5.74) is 2.81. The zero-order chi connectivity index (χ0) is 15.4. The van der Waals surface area contributed by atoms with Crippen LogP contribution in [0.1, 0.15) is 30.5 Å². The molecule has 0 aliphatic carbocycles. The summed E-state index contributed by atoms with van der Waals surface area (Å²) in [4.78, 5) is 11.2. The van der Waals surface area contributed by atoms with Crippen LogP contribution < -0.4 is 10.2 Å². The van der Waals surface area contributed by atoms with Crippen LogP contribution in [0.3, 0.4) is 0 Å². The largest absolute Gasteiger partial charge is 0.396 e. The maximum Gasteiger partial charge on any atom is 0.224 e. The van der Waals surface area contributed by atoms with Gasteiger partial charge in [-0.25, -0.2) is 4.98 Å². The zero-order valence-corrected chi connectivity index (χ0v) is 12.9. The van der Waals surface area contributed by atoms with Crippen molar-refractivity contribution in [2.24, 2.45) is 0 Å². The maximum absolute atomic E-state index is 8.84. The van der Waals surface area contributed by atoms with Crippen LogP contribution in [-0.4, -0.2) is 34.8 Å². The highest BCUT2D eigenvalue weighted by Crippen LogP contribution is 2.32. The molecule has 0 bridgehead atoms. The highest BCUT2D eigenvalue weighted by molar-refractivity contribution is 5.48. The Morgan fingerprint density at radius 1 is 1.32 bits per heavy atom. The van der Waals surface area contributed by atoms with Crippen molar-refractivity contribution in [3.8, 4) is 0 Å². The SMILES string of the molecule is C[C@@H]1c2ccccc2CCN1c1ccnc(NCCCO)n1. The van der Waals surface area contributed by atoms with Crippen LogP contribution in [0.5, 0.6) is 0 Å². The van der Waals surface area contributed by atoms with Crippen LogP contribution in [0.25, 0.3) is 0 Å². The molecular formula is C17H22N4O. The predicted octanol–water partition coefficient (Wildman–Crippen LogP) is 2.39. The summed E-state index contributed by atoms with van der Waals surface area (Å²) in [5.74, 6) is 1.57.